The van der Waals surface area contributed by atoms with E-state index >= 15 is 0 Å². The number of carbonyl (C=O) groups is 1. The van der Waals surface area contributed by atoms with Gasteiger partial charge in [0, 0.05) is 12.6 Å². The van der Waals surface area contributed by atoms with Crippen LogP contribution in [0.25, 0.3) is 0 Å². The van der Waals surface area contributed by atoms with E-state index in [-0.39, 0.29) is 5.75 Å². The second kappa shape index (κ2) is 4.25. The molecule has 1 N–H and O–H groups in total. The van der Waals surface area contributed by atoms with Crippen LogP contribution in [0.15, 0.2) is 29.4 Å². The number of hydrogen-bond acceptors (Lipinski definition) is 3. The lowest BCUT2D eigenvalue weighted by molar-refractivity contribution is -0.116. The Bertz CT molecular complexity index is 323. The first kappa shape index (κ1) is 9.25. The van der Waals surface area contributed by atoms with E-state index in [1.54, 1.807) is 24.3 Å². The number of benzene rings is 1. The fourth-order valence-electron chi connectivity index (χ4n) is 0.777. The van der Waals surface area contributed by atoms with Gasteiger partial charge in [-0.1, -0.05) is 12.1 Å². The van der Waals surface area contributed by atoms with Gasteiger partial charge in [0.1, 0.15) is 5.75 Å². The zero-order chi connectivity index (χ0) is 9.68. The molecule has 0 atom stereocenters. The highest BCUT2D eigenvalue weighted by Gasteiger charge is 1.94. The second-order valence-corrected chi connectivity index (χ2v) is 2.48. The van der Waals surface area contributed by atoms with Crippen molar-refractivity contribution in [1.82, 2.24) is 5.01 Å². The SMILES string of the molecule is CN(C=O)/N=C/c1ccccc1O. The molecule has 0 heterocycles. The molecule has 68 valence electrons. The largest absolute Gasteiger partial charge is 0.507 e. The summed E-state index contributed by atoms with van der Waals surface area (Å²) in [5.74, 6) is 0.144. The number of rotatable bonds is 3. The molecular formula is C9H10N2O2. The molecule has 4 heteroatoms. The number of nitrogens with zero attached hydrogens (tertiary/aromatic N) is 2. The molecule has 13 heavy (non-hydrogen) atoms. The molecule has 0 aromatic heterocycles. The van der Waals surface area contributed by atoms with Crippen molar-refractivity contribution in [3.63, 3.8) is 0 Å². The molecule has 0 saturated heterocycles. The van der Waals surface area contributed by atoms with E-state index in [1.165, 1.54) is 13.3 Å². The smallest absolute Gasteiger partial charge is 0.229 e. The highest BCUT2D eigenvalue weighted by molar-refractivity contribution is 5.83. The van der Waals surface area contributed by atoms with Gasteiger partial charge in [0.15, 0.2) is 0 Å². The summed E-state index contributed by atoms with van der Waals surface area (Å²) in [6, 6.07) is 6.76. The lowest BCUT2D eigenvalue weighted by Gasteiger charge is -2.01. The average molecular weight is 178 g/mol. The minimum absolute atomic E-state index is 0.144. The fraction of sp³-hybridized carbons (Fsp3) is 0.111. The van der Waals surface area contributed by atoms with Gasteiger partial charge in [-0.3, -0.25) is 4.79 Å². The van der Waals surface area contributed by atoms with Gasteiger partial charge in [0.25, 0.3) is 0 Å². The van der Waals surface area contributed by atoms with E-state index in [0.717, 1.165) is 5.01 Å². The monoisotopic (exact) mass is 178 g/mol. The number of amides is 1. The quantitative estimate of drug-likeness (QED) is 0.423. The first-order valence-corrected chi connectivity index (χ1v) is 3.74. The fourth-order valence-corrected chi connectivity index (χ4v) is 0.777. The number of hydrogen-bond donors (Lipinski definition) is 1. The summed E-state index contributed by atoms with van der Waals surface area (Å²) in [7, 11) is 1.52. The van der Waals surface area contributed by atoms with Crippen LogP contribution in [-0.4, -0.2) is 29.8 Å². The van der Waals surface area contributed by atoms with Crippen molar-refractivity contribution in [1.29, 1.82) is 0 Å². The van der Waals surface area contributed by atoms with Crippen molar-refractivity contribution in [2.24, 2.45) is 5.10 Å². The first-order valence-electron chi connectivity index (χ1n) is 3.74. The molecule has 1 aromatic rings. The van der Waals surface area contributed by atoms with Gasteiger partial charge in [-0.2, -0.15) is 5.10 Å². The molecule has 0 bridgehead atoms. The Morgan fingerprint density at radius 3 is 2.77 bits per heavy atom. The molecule has 0 aliphatic rings. The number of phenolic OH excluding ortho intramolecular Hbond substituents is 1. The third-order valence-corrected chi connectivity index (χ3v) is 1.47. The Hall–Kier alpha value is -1.84. The summed E-state index contributed by atoms with van der Waals surface area (Å²) in [5.41, 5.74) is 0.580. The molecule has 1 amide bonds. The van der Waals surface area contributed by atoms with E-state index in [4.69, 9.17) is 0 Å². The normalized spacial score (nSPS) is 10.2. The van der Waals surface area contributed by atoms with Gasteiger partial charge in [0.05, 0.1) is 6.21 Å². The van der Waals surface area contributed by atoms with E-state index in [0.29, 0.717) is 12.0 Å². The Labute approximate surface area is 76.1 Å². The molecule has 0 saturated carbocycles. The van der Waals surface area contributed by atoms with Crippen molar-refractivity contribution in [2.75, 3.05) is 7.05 Å². The van der Waals surface area contributed by atoms with Gasteiger partial charge in [-0.05, 0) is 12.1 Å². The van der Waals surface area contributed by atoms with Crippen LogP contribution in [0.2, 0.25) is 0 Å². The van der Waals surface area contributed by atoms with Crippen LogP contribution in [0.1, 0.15) is 5.56 Å². The zero-order valence-corrected chi connectivity index (χ0v) is 7.21. The molecule has 0 aliphatic carbocycles. The first-order chi connectivity index (χ1) is 6.24. The molecule has 0 fully saturated rings. The van der Waals surface area contributed by atoms with E-state index < -0.39 is 0 Å². The topological polar surface area (TPSA) is 52.9 Å². The number of aromatic hydroxyl groups is 1. The van der Waals surface area contributed by atoms with Crippen molar-refractivity contribution >= 4 is 12.6 Å². The van der Waals surface area contributed by atoms with Crippen LogP contribution in [-0.2, 0) is 4.79 Å². The van der Waals surface area contributed by atoms with Crippen molar-refractivity contribution < 1.29 is 9.90 Å². The molecule has 0 spiro atoms. The maximum Gasteiger partial charge on any atom is 0.229 e. The van der Waals surface area contributed by atoms with E-state index in [2.05, 4.69) is 5.10 Å². The van der Waals surface area contributed by atoms with Crippen LogP contribution >= 0.6 is 0 Å². The third-order valence-electron chi connectivity index (χ3n) is 1.47. The van der Waals surface area contributed by atoms with Gasteiger partial charge in [0.2, 0.25) is 6.41 Å². The molecule has 0 unspecified atom stereocenters. The zero-order valence-electron chi connectivity index (χ0n) is 7.21. The highest BCUT2D eigenvalue weighted by atomic mass is 16.3. The van der Waals surface area contributed by atoms with Crippen molar-refractivity contribution in [2.45, 2.75) is 0 Å². The van der Waals surface area contributed by atoms with E-state index in [9.17, 15) is 9.90 Å². The summed E-state index contributed by atoms with van der Waals surface area (Å²) >= 11 is 0. The maximum absolute atomic E-state index is 10.2. The number of phenols is 1. The predicted molar refractivity (Wildman–Crippen MR) is 49.5 cm³/mol. The van der Waals surface area contributed by atoms with Gasteiger partial charge in [-0.25, -0.2) is 5.01 Å². The predicted octanol–water partition coefficient (Wildman–Crippen LogP) is 0.814. The molecule has 0 radical (unpaired) electrons. The summed E-state index contributed by atoms with van der Waals surface area (Å²) < 4.78 is 0. The number of carbonyl (C=O) groups excluding carboxylic acids is 1. The Morgan fingerprint density at radius 2 is 2.15 bits per heavy atom. The highest BCUT2D eigenvalue weighted by Crippen LogP contribution is 2.12. The van der Waals surface area contributed by atoms with Crippen LogP contribution < -0.4 is 0 Å². The lowest BCUT2D eigenvalue weighted by atomic mass is 10.2. The minimum atomic E-state index is 0.144. The minimum Gasteiger partial charge on any atom is -0.507 e. The lowest BCUT2D eigenvalue weighted by Crippen LogP contribution is -2.07. The molecule has 0 aliphatic heterocycles. The summed E-state index contributed by atoms with van der Waals surface area (Å²) in [5, 5.41) is 14.2. The van der Waals surface area contributed by atoms with Crippen molar-refractivity contribution in [3.05, 3.63) is 29.8 Å². The van der Waals surface area contributed by atoms with E-state index in [1.807, 2.05) is 0 Å². The number of para-hydroxylation sites is 1. The van der Waals surface area contributed by atoms with Crippen LogP contribution in [0.5, 0.6) is 5.75 Å². The van der Waals surface area contributed by atoms with Crippen molar-refractivity contribution in [3.8, 4) is 5.75 Å². The summed E-state index contributed by atoms with van der Waals surface area (Å²) in [6.45, 7) is 0. The van der Waals surface area contributed by atoms with Gasteiger partial charge in [-0.15, -0.1) is 0 Å². The van der Waals surface area contributed by atoms with Crippen LogP contribution in [0, 0.1) is 0 Å². The van der Waals surface area contributed by atoms with Gasteiger partial charge >= 0.3 is 0 Å². The second-order valence-electron chi connectivity index (χ2n) is 2.48. The standard InChI is InChI=1S/C9H10N2O2/c1-11(7-12)10-6-8-4-2-3-5-9(8)13/h2-7,13H,1H3/b10-6+. The van der Waals surface area contributed by atoms with Crippen LogP contribution in [0.3, 0.4) is 0 Å². The number of hydrazone groups is 1. The average Bonchev–Trinajstić information content (AvgIpc) is 2.16. The summed E-state index contributed by atoms with van der Waals surface area (Å²) in [6.07, 6.45) is 2.00. The molecule has 1 aromatic carbocycles. The summed E-state index contributed by atoms with van der Waals surface area (Å²) in [4.78, 5) is 10.2. The Kier molecular flexibility index (Phi) is 3.03. The Balaban J connectivity index is 2.79. The molecular weight excluding hydrogens is 168 g/mol. The van der Waals surface area contributed by atoms with Gasteiger partial charge < -0.3 is 5.11 Å². The van der Waals surface area contributed by atoms with Crippen LogP contribution in [0.4, 0.5) is 0 Å². The Morgan fingerprint density at radius 1 is 1.46 bits per heavy atom. The molecule has 4 nitrogen and oxygen atoms in total. The third kappa shape index (κ3) is 2.59. The molecule has 1 rings (SSSR count). The maximum atomic E-state index is 10.2.